The predicted molar refractivity (Wildman–Crippen MR) is 106 cm³/mol. The van der Waals surface area contributed by atoms with Gasteiger partial charge in [0.15, 0.2) is 16.9 Å². The number of aromatic amines is 1. The van der Waals surface area contributed by atoms with Crippen molar-refractivity contribution in [2.45, 2.75) is 20.8 Å². The lowest BCUT2D eigenvalue weighted by atomic mass is 10.0. The zero-order chi connectivity index (χ0) is 19.3. The summed E-state index contributed by atoms with van der Waals surface area (Å²) >= 11 is 0. The van der Waals surface area contributed by atoms with Crippen LogP contribution in [0, 0.1) is 6.92 Å². The largest absolute Gasteiger partial charge is 0.497 e. The molecule has 0 fully saturated rings. The molecule has 1 heterocycles. The minimum Gasteiger partial charge on any atom is -0.497 e. The maximum atomic E-state index is 12.8. The Morgan fingerprint density at radius 1 is 0.846 bits per heavy atom. The summed E-state index contributed by atoms with van der Waals surface area (Å²) in [6.07, 6.45) is 0. The van der Waals surface area contributed by atoms with E-state index in [1.54, 1.807) is 33.5 Å². The van der Waals surface area contributed by atoms with Gasteiger partial charge >= 0.3 is 0 Å². The second kappa shape index (κ2) is 8.43. The van der Waals surface area contributed by atoms with E-state index >= 15 is 0 Å². The smallest absolute Gasteiger partial charge is 0.193 e. The lowest BCUT2D eigenvalue weighted by Crippen LogP contribution is -2.10. The quantitative estimate of drug-likeness (QED) is 0.745. The second-order valence-electron chi connectivity index (χ2n) is 5.44. The topological polar surface area (TPSA) is 60.6 Å². The summed E-state index contributed by atoms with van der Waals surface area (Å²) in [5.74, 6) is 1.88. The van der Waals surface area contributed by atoms with Gasteiger partial charge in [0.2, 0.25) is 0 Å². The standard InChI is InChI=1S/C19H19NO4.C2H6/c1-11-18(12-5-7-13(22-2)8-6-12)20-15-10-17(24-4)16(23-3)9-14(15)19(11)21;1-2/h5-10H,1-4H3,(H,20,21);1-2H3. The van der Waals surface area contributed by atoms with Crippen molar-refractivity contribution in [1.82, 2.24) is 4.98 Å². The highest BCUT2D eigenvalue weighted by Crippen LogP contribution is 2.32. The van der Waals surface area contributed by atoms with E-state index in [2.05, 4.69) is 4.98 Å². The van der Waals surface area contributed by atoms with Crippen LogP contribution >= 0.6 is 0 Å². The maximum absolute atomic E-state index is 12.8. The van der Waals surface area contributed by atoms with Crippen LogP contribution in [0.1, 0.15) is 19.4 Å². The minimum absolute atomic E-state index is 0.0319. The normalized spacial score (nSPS) is 10.1. The molecule has 0 amide bonds. The van der Waals surface area contributed by atoms with E-state index in [0.717, 1.165) is 17.0 Å². The van der Waals surface area contributed by atoms with Crippen LogP contribution in [-0.4, -0.2) is 26.3 Å². The van der Waals surface area contributed by atoms with E-state index in [-0.39, 0.29) is 5.43 Å². The number of ether oxygens (including phenoxy) is 3. The van der Waals surface area contributed by atoms with Gasteiger partial charge in [-0.05, 0) is 42.8 Å². The number of fused-ring (bicyclic) bond motifs is 1. The Bertz CT molecular complexity index is 943. The van der Waals surface area contributed by atoms with E-state index in [0.29, 0.717) is 28.0 Å². The van der Waals surface area contributed by atoms with Gasteiger partial charge in [0, 0.05) is 17.0 Å². The molecule has 0 radical (unpaired) electrons. The van der Waals surface area contributed by atoms with Gasteiger partial charge in [-0.15, -0.1) is 0 Å². The molecule has 0 unspecified atom stereocenters. The Morgan fingerprint density at radius 3 is 1.96 bits per heavy atom. The van der Waals surface area contributed by atoms with E-state index < -0.39 is 0 Å². The van der Waals surface area contributed by atoms with Crippen LogP contribution in [0.15, 0.2) is 41.2 Å². The highest BCUT2D eigenvalue weighted by atomic mass is 16.5. The van der Waals surface area contributed by atoms with Crippen molar-refractivity contribution in [3.05, 3.63) is 52.2 Å². The van der Waals surface area contributed by atoms with Crippen molar-refractivity contribution in [3.8, 4) is 28.5 Å². The lowest BCUT2D eigenvalue weighted by molar-refractivity contribution is 0.356. The third kappa shape index (κ3) is 3.52. The first-order valence-corrected chi connectivity index (χ1v) is 8.52. The number of aromatic nitrogens is 1. The second-order valence-corrected chi connectivity index (χ2v) is 5.44. The van der Waals surface area contributed by atoms with Crippen LogP contribution in [0.5, 0.6) is 17.2 Å². The van der Waals surface area contributed by atoms with Gasteiger partial charge in [0.05, 0.1) is 32.5 Å². The zero-order valence-corrected chi connectivity index (χ0v) is 16.1. The van der Waals surface area contributed by atoms with Gasteiger partial charge in [-0.1, -0.05) is 13.8 Å². The van der Waals surface area contributed by atoms with Crippen molar-refractivity contribution < 1.29 is 14.2 Å². The number of pyridine rings is 1. The van der Waals surface area contributed by atoms with Crippen LogP contribution in [0.3, 0.4) is 0 Å². The van der Waals surface area contributed by atoms with E-state index in [4.69, 9.17) is 14.2 Å². The highest BCUT2D eigenvalue weighted by Gasteiger charge is 2.14. The Hall–Kier alpha value is -2.95. The van der Waals surface area contributed by atoms with Gasteiger partial charge < -0.3 is 19.2 Å². The molecule has 26 heavy (non-hydrogen) atoms. The van der Waals surface area contributed by atoms with Crippen LogP contribution in [-0.2, 0) is 0 Å². The number of benzene rings is 2. The molecule has 0 atom stereocenters. The van der Waals surface area contributed by atoms with E-state index in [1.165, 1.54) is 0 Å². The van der Waals surface area contributed by atoms with Crippen molar-refractivity contribution in [1.29, 1.82) is 0 Å². The Balaban J connectivity index is 0.00000117. The third-order valence-corrected chi connectivity index (χ3v) is 4.12. The molecule has 5 heteroatoms. The summed E-state index contributed by atoms with van der Waals surface area (Å²) in [7, 11) is 4.74. The van der Waals surface area contributed by atoms with Gasteiger partial charge in [-0.3, -0.25) is 4.79 Å². The average Bonchev–Trinajstić information content (AvgIpc) is 2.71. The first-order valence-electron chi connectivity index (χ1n) is 8.52. The third-order valence-electron chi connectivity index (χ3n) is 4.12. The summed E-state index contributed by atoms with van der Waals surface area (Å²) in [5, 5.41) is 0.572. The number of rotatable bonds is 4. The lowest BCUT2D eigenvalue weighted by Gasteiger charge is -2.12. The Labute approximate surface area is 153 Å². The van der Waals surface area contributed by atoms with Gasteiger partial charge in [0.25, 0.3) is 0 Å². The number of methoxy groups -OCH3 is 3. The first kappa shape index (κ1) is 19.4. The predicted octanol–water partition coefficient (Wildman–Crippen LogP) is 4.56. The molecule has 0 aliphatic carbocycles. The number of hydrogen-bond donors (Lipinski definition) is 1. The van der Waals surface area contributed by atoms with Crippen molar-refractivity contribution in [2.75, 3.05) is 21.3 Å². The van der Waals surface area contributed by atoms with Crippen LogP contribution in [0.2, 0.25) is 0 Å². The highest BCUT2D eigenvalue weighted by molar-refractivity contribution is 5.86. The monoisotopic (exact) mass is 355 g/mol. The van der Waals surface area contributed by atoms with Gasteiger partial charge in [0.1, 0.15) is 5.75 Å². The summed E-state index contributed by atoms with van der Waals surface area (Å²) in [5.41, 5.74) is 3.02. The van der Waals surface area contributed by atoms with Crippen LogP contribution < -0.4 is 19.6 Å². The zero-order valence-electron chi connectivity index (χ0n) is 16.1. The molecule has 0 saturated heterocycles. The SMILES string of the molecule is CC.COc1ccc(-c2[nH]c3cc(OC)c(OC)cc3c(=O)c2C)cc1. The summed E-state index contributed by atoms with van der Waals surface area (Å²) in [4.78, 5) is 16.1. The van der Waals surface area contributed by atoms with Crippen molar-refractivity contribution in [2.24, 2.45) is 0 Å². The molecule has 138 valence electrons. The summed E-state index contributed by atoms with van der Waals surface area (Å²) in [6, 6.07) is 11.1. The van der Waals surface area contributed by atoms with Crippen molar-refractivity contribution >= 4 is 10.9 Å². The van der Waals surface area contributed by atoms with E-state index in [1.807, 2.05) is 45.0 Å². The number of hydrogen-bond acceptors (Lipinski definition) is 4. The molecule has 3 rings (SSSR count). The van der Waals surface area contributed by atoms with Crippen LogP contribution in [0.4, 0.5) is 0 Å². The summed E-state index contributed by atoms with van der Waals surface area (Å²) < 4.78 is 15.8. The molecule has 0 spiro atoms. The first-order chi connectivity index (χ1) is 12.6. The molecule has 0 bridgehead atoms. The Kier molecular flexibility index (Phi) is 6.28. The molecule has 0 aliphatic heterocycles. The van der Waals surface area contributed by atoms with Gasteiger partial charge in [-0.25, -0.2) is 0 Å². The summed E-state index contributed by atoms with van der Waals surface area (Å²) in [6.45, 7) is 5.81. The minimum atomic E-state index is -0.0319. The molecule has 1 aromatic heterocycles. The molecule has 0 saturated carbocycles. The molecule has 5 nitrogen and oxygen atoms in total. The number of nitrogens with one attached hydrogen (secondary N) is 1. The Morgan fingerprint density at radius 2 is 1.42 bits per heavy atom. The van der Waals surface area contributed by atoms with Gasteiger partial charge in [-0.2, -0.15) is 0 Å². The van der Waals surface area contributed by atoms with Crippen LogP contribution in [0.25, 0.3) is 22.2 Å². The fraction of sp³-hybridized carbons (Fsp3) is 0.286. The molecule has 1 N–H and O–H groups in total. The molecule has 2 aromatic carbocycles. The molecule has 0 aliphatic rings. The molecular formula is C21H25NO4. The number of H-pyrrole nitrogens is 1. The maximum Gasteiger partial charge on any atom is 0.193 e. The molecular weight excluding hydrogens is 330 g/mol. The average molecular weight is 355 g/mol. The fourth-order valence-corrected chi connectivity index (χ4v) is 2.76. The fourth-order valence-electron chi connectivity index (χ4n) is 2.76. The van der Waals surface area contributed by atoms with E-state index in [9.17, 15) is 4.79 Å². The van der Waals surface area contributed by atoms with Crippen molar-refractivity contribution in [3.63, 3.8) is 0 Å². The molecule has 3 aromatic rings.